The number of amides is 2. The first-order chi connectivity index (χ1) is 9.94. The molecule has 0 saturated carbocycles. The number of hydrazine groups is 1. The maximum absolute atomic E-state index is 12.5. The van der Waals surface area contributed by atoms with Gasteiger partial charge in [0.15, 0.2) is 0 Å². The van der Waals surface area contributed by atoms with Gasteiger partial charge in [-0.1, -0.05) is 0 Å². The molecule has 22 heavy (non-hydrogen) atoms. The zero-order chi connectivity index (χ0) is 17.1. The third kappa shape index (κ3) is 5.36. The van der Waals surface area contributed by atoms with Crippen molar-refractivity contribution in [1.82, 2.24) is 10.0 Å². The SMILES string of the molecule is CC(C)(C)OC(=O)N1CCCC(CN)N1C(=O)OC(C)(C)C. The molecule has 1 fully saturated rings. The van der Waals surface area contributed by atoms with E-state index in [-0.39, 0.29) is 12.6 Å². The lowest BCUT2D eigenvalue weighted by Crippen LogP contribution is -2.61. The van der Waals surface area contributed by atoms with E-state index in [2.05, 4.69) is 0 Å². The number of hydrogen-bond donors (Lipinski definition) is 1. The summed E-state index contributed by atoms with van der Waals surface area (Å²) in [6, 6.07) is -0.267. The van der Waals surface area contributed by atoms with Crippen LogP contribution in [0.15, 0.2) is 0 Å². The smallest absolute Gasteiger partial charge is 0.429 e. The monoisotopic (exact) mass is 315 g/mol. The fraction of sp³-hybridized carbons (Fsp3) is 0.867. The number of nitrogens with two attached hydrogens (primary N) is 1. The summed E-state index contributed by atoms with van der Waals surface area (Å²) >= 11 is 0. The van der Waals surface area contributed by atoms with Crippen molar-refractivity contribution in [2.75, 3.05) is 13.1 Å². The van der Waals surface area contributed by atoms with Gasteiger partial charge in [-0.25, -0.2) is 19.6 Å². The van der Waals surface area contributed by atoms with E-state index in [0.29, 0.717) is 6.54 Å². The predicted molar refractivity (Wildman–Crippen MR) is 83.1 cm³/mol. The lowest BCUT2D eigenvalue weighted by atomic mass is 10.1. The van der Waals surface area contributed by atoms with Gasteiger partial charge in [-0.3, -0.25) is 0 Å². The normalized spacial score (nSPS) is 19.9. The van der Waals surface area contributed by atoms with E-state index in [1.807, 2.05) is 0 Å². The zero-order valence-electron chi connectivity index (χ0n) is 14.5. The van der Waals surface area contributed by atoms with Crippen LogP contribution in [-0.4, -0.2) is 52.5 Å². The highest BCUT2D eigenvalue weighted by atomic mass is 16.6. The molecule has 7 nitrogen and oxygen atoms in total. The fourth-order valence-electron chi connectivity index (χ4n) is 2.17. The van der Waals surface area contributed by atoms with Crippen molar-refractivity contribution in [3.63, 3.8) is 0 Å². The minimum Gasteiger partial charge on any atom is -0.442 e. The maximum atomic E-state index is 12.5. The summed E-state index contributed by atoms with van der Waals surface area (Å²) in [4.78, 5) is 24.8. The van der Waals surface area contributed by atoms with E-state index in [0.717, 1.165) is 12.8 Å². The minimum atomic E-state index is -0.646. The molecule has 1 rings (SSSR count). The van der Waals surface area contributed by atoms with Crippen LogP contribution in [0.2, 0.25) is 0 Å². The lowest BCUT2D eigenvalue weighted by molar-refractivity contribution is -0.0927. The van der Waals surface area contributed by atoms with Crippen LogP contribution in [0.4, 0.5) is 9.59 Å². The molecule has 1 atom stereocenters. The molecular formula is C15H29N3O4. The van der Waals surface area contributed by atoms with E-state index < -0.39 is 23.4 Å². The molecule has 2 amide bonds. The summed E-state index contributed by atoms with van der Waals surface area (Å²) in [6.07, 6.45) is 0.361. The summed E-state index contributed by atoms with van der Waals surface area (Å²) in [6.45, 7) is 11.4. The van der Waals surface area contributed by atoms with Crippen LogP contribution in [0.1, 0.15) is 54.4 Å². The fourth-order valence-corrected chi connectivity index (χ4v) is 2.17. The molecule has 1 heterocycles. The largest absolute Gasteiger partial charge is 0.442 e. The Labute approximate surface area is 132 Å². The second kappa shape index (κ2) is 6.73. The number of nitrogens with zero attached hydrogens (tertiary/aromatic N) is 2. The molecule has 0 aromatic carbocycles. The van der Waals surface area contributed by atoms with Crippen LogP contribution in [-0.2, 0) is 9.47 Å². The minimum absolute atomic E-state index is 0.262. The van der Waals surface area contributed by atoms with Gasteiger partial charge in [0.1, 0.15) is 11.2 Å². The van der Waals surface area contributed by atoms with Crippen LogP contribution in [0, 0.1) is 0 Å². The van der Waals surface area contributed by atoms with E-state index in [9.17, 15) is 9.59 Å². The van der Waals surface area contributed by atoms with Crippen molar-refractivity contribution >= 4 is 12.2 Å². The first kappa shape index (κ1) is 18.5. The number of carbonyl (C=O) groups excluding carboxylic acids is 2. The Balaban J connectivity index is 2.96. The zero-order valence-corrected chi connectivity index (χ0v) is 14.5. The van der Waals surface area contributed by atoms with Crippen molar-refractivity contribution < 1.29 is 19.1 Å². The molecule has 1 unspecified atom stereocenters. The highest BCUT2D eigenvalue weighted by molar-refractivity contribution is 5.75. The number of rotatable bonds is 1. The summed E-state index contributed by atoms with van der Waals surface area (Å²) < 4.78 is 10.8. The first-order valence-electron chi connectivity index (χ1n) is 7.67. The average Bonchev–Trinajstić information content (AvgIpc) is 2.33. The Kier molecular flexibility index (Phi) is 5.67. The molecule has 2 N–H and O–H groups in total. The maximum Gasteiger partial charge on any atom is 0.429 e. The van der Waals surface area contributed by atoms with Gasteiger partial charge < -0.3 is 15.2 Å². The molecule has 0 aromatic heterocycles. The van der Waals surface area contributed by atoms with Gasteiger partial charge in [-0.15, -0.1) is 0 Å². The molecule has 1 saturated heterocycles. The third-order valence-corrected chi connectivity index (χ3v) is 2.97. The van der Waals surface area contributed by atoms with E-state index in [1.165, 1.54) is 10.0 Å². The molecule has 1 aliphatic heterocycles. The van der Waals surface area contributed by atoms with Gasteiger partial charge in [0, 0.05) is 13.1 Å². The lowest BCUT2D eigenvalue weighted by Gasteiger charge is -2.43. The summed E-state index contributed by atoms with van der Waals surface area (Å²) in [5.74, 6) is 0. The highest BCUT2D eigenvalue weighted by Crippen LogP contribution is 2.23. The van der Waals surface area contributed by atoms with Gasteiger partial charge in [0.25, 0.3) is 0 Å². The van der Waals surface area contributed by atoms with Crippen molar-refractivity contribution in [2.24, 2.45) is 5.73 Å². The van der Waals surface area contributed by atoms with E-state index in [4.69, 9.17) is 15.2 Å². The van der Waals surface area contributed by atoms with Crippen molar-refractivity contribution in [2.45, 2.75) is 71.6 Å². The van der Waals surface area contributed by atoms with E-state index in [1.54, 1.807) is 41.5 Å². The summed E-state index contributed by atoms with van der Waals surface area (Å²) in [5.41, 5.74) is 4.48. The molecular weight excluding hydrogens is 286 g/mol. The molecule has 7 heteroatoms. The average molecular weight is 315 g/mol. The van der Waals surface area contributed by atoms with Crippen LogP contribution < -0.4 is 5.73 Å². The first-order valence-corrected chi connectivity index (χ1v) is 7.67. The van der Waals surface area contributed by atoms with Crippen LogP contribution >= 0.6 is 0 Å². The van der Waals surface area contributed by atoms with E-state index >= 15 is 0 Å². The molecule has 0 radical (unpaired) electrons. The number of carbonyl (C=O) groups is 2. The molecule has 0 aromatic rings. The molecule has 0 bridgehead atoms. The Morgan fingerprint density at radius 3 is 2.00 bits per heavy atom. The van der Waals surface area contributed by atoms with Gasteiger partial charge in [-0.2, -0.15) is 0 Å². The third-order valence-electron chi connectivity index (χ3n) is 2.97. The van der Waals surface area contributed by atoms with Crippen molar-refractivity contribution in [3.05, 3.63) is 0 Å². The van der Waals surface area contributed by atoms with Crippen LogP contribution in [0.25, 0.3) is 0 Å². The predicted octanol–water partition coefficient (Wildman–Crippen LogP) is 2.50. The van der Waals surface area contributed by atoms with Crippen molar-refractivity contribution in [3.8, 4) is 0 Å². The second-order valence-electron chi connectivity index (χ2n) is 7.46. The molecule has 0 aliphatic carbocycles. The Morgan fingerprint density at radius 2 is 1.55 bits per heavy atom. The number of ether oxygens (including phenoxy) is 2. The van der Waals surface area contributed by atoms with Crippen LogP contribution in [0.3, 0.4) is 0 Å². The molecule has 128 valence electrons. The van der Waals surface area contributed by atoms with Crippen LogP contribution in [0.5, 0.6) is 0 Å². The highest BCUT2D eigenvalue weighted by Gasteiger charge is 2.39. The molecule has 0 spiro atoms. The number of hydrogen-bond acceptors (Lipinski definition) is 5. The van der Waals surface area contributed by atoms with Gasteiger partial charge in [-0.05, 0) is 54.4 Å². The standard InChI is InChI=1S/C15H29N3O4/c1-14(2,3)21-12(19)17-9-7-8-11(10-16)18(17)13(20)22-15(4,5)6/h11H,7-10,16H2,1-6H3. The van der Waals surface area contributed by atoms with Gasteiger partial charge >= 0.3 is 12.2 Å². The Hall–Kier alpha value is -1.50. The summed E-state index contributed by atoms with van der Waals surface area (Å²) in [5, 5.41) is 2.61. The molecule has 1 aliphatic rings. The van der Waals surface area contributed by atoms with Crippen molar-refractivity contribution in [1.29, 1.82) is 0 Å². The van der Waals surface area contributed by atoms with Gasteiger partial charge in [0.2, 0.25) is 0 Å². The quantitative estimate of drug-likeness (QED) is 0.803. The summed E-state index contributed by atoms with van der Waals surface area (Å²) in [7, 11) is 0. The second-order valence-corrected chi connectivity index (χ2v) is 7.46. The topological polar surface area (TPSA) is 85.1 Å². The Bertz CT molecular complexity index is 412. The Morgan fingerprint density at radius 1 is 1.05 bits per heavy atom. The van der Waals surface area contributed by atoms with Gasteiger partial charge in [0.05, 0.1) is 6.04 Å².